The first-order valence-electron chi connectivity index (χ1n) is 6.51. The third-order valence-electron chi connectivity index (χ3n) is 3.99. The van der Waals surface area contributed by atoms with Crippen molar-refractivity contribution in [1.29, 1.82) is 0 Å². The lowest BCUT2D eigenvalue weighted by Crippen LogP contribution is -2.47. The van der Waals surface area contributed by atoms with Crippen LogP contribution in [0.15, 0.2) is 6.20 Å². The van der Waals surface area contributed by atoms with Gasteiger partial charge in [0.2, 0.25) is 0 Å². The molecule has 1 saturated heterocycles. The Balaban J connectivity index is 2.46. The van der Waals surface area contributed by atoms with E-state index < -0.39 is 0 Å². The van der Waals surface area contributed by atoms with Crippen molar-refractivity contribution in [3.05, 3.63) is 16.9 Å². The summed E-state index contributed by atoms with van der Waals surface area (Å²) in [6.07, 6.45) is 6.71. The van der Waals surface area contributed by atoms with E-state index >= 15 is 0 Å². The first-order chi connectivity index (χ1) is 8.08. The van der Waals surface area contributed by atoms with Crippen LogP contribution in [0, 0.1) is 5.92 Å². The molecule has 1 aliphatic heterocycles. The molecule has 1 atom stereocenters. The van der Waals surface area contributed by atoms with Gasteiger partial charge in [-0.05, 0) is 25.3 Å². The van der Waals surface area contributed by atoms with Gasteiger partial charge in [-0.3, -0.25) is 4.68 Å². The summed E-state index contributed by atoms with van der Waals surface area (Å²) < 4.78 is 1.93. The molecule has 1 unspecified atom stereocenters. The highest BCUT2D eigenvalue weighted by Crippen LogP contribution is 2.39. The number of aryl methyl sites for hydroxylation is 1. The fourth-order valence-electron chi connectivity index (χ4n) is 2.99. The van der Waals surface area contributed by atoms with Crippen LogP contribution < -0.4 is 5.32 Å². The predicted octanol–water partition coefficient (Wildman–Crippen LogP) is 3.09. The topological polar surface area (TPSA) is 29.9 Å². The molecule has 0 radical (unpaired) electrons. The lowest BCUT2D eigenvalue weighted by atomic mass is 9.79. The summed E-state index contributed by atoms with van der Waals surface area (Å²) in [5.74, 6) is 0.508. The molecule has 1 fully saturated rings. The van der Waals surface area contributed by atoms with Crippen LogP contribution in [-0.2, 0) is 12.6 Å². The van der Waals surface area contributed by atoms with E-state index in [1.807, 2.05) is 11.7 Å². The van der Waals surface area contributed by atoms with Gasteiger partial charge >= 0.3 is 0 Å². The molecule has 2 heterocycles. The molecule has 1 aromatic rings. The Kier molecular flexibility index (Phi) is 3.79. The van der Waals surface area contributed by atoms with Crippen molar-refractivity contribution in [2.24, 2.45) is 13.0 Å². The molecule has 3 nitrogen and oxygen atoms in total. The molecule has 2 rings (SSSR count). The second kappa shape index (κ2) is 4.99. The Morgan fingerprint density at radius 1 is 1.41 bits per heavy atom. The second-order valence-electron chi connectivity index (χ2n) is 5.33. The quantitative estimate of drug-likeness (QED) is 0.880. The van der Waals surface area contributed by atoms with Crippen LogP contribution in [0.1, 0.15) is 45.2 Å². The Hall–Kier alpha value is -0.540. The lowest BCUT2D eigenvalue weighted by Gasteiger charge is -2.38. The van der Waals surface area contributed by atoms with Crippen molar-refractivity contribution in [3.8, 4) is 0 Å². The largest absolute Gasteiger partial charge is 0.306 e. The maximum absolute atomic E-state index is 6.34. The molecular formula is C13H22ClN3. The zero-order chi connectivity index (χ0) is 12.5. The van der Waals surface area contributed by atoms with Crippen LogP contribution in [0.3, 0.4) is 0 Å². The van der Waals surface area contributed by atoms with Gasteiger partial charge in [0.05, 0.1) is 22.5 Å². The first-order valence-corrected chi connectivity index (χ1v) is 6.89. The summed E-state index contributed by atoms with van der Waals surface area (Å²) in [6, 6.07) is 0. The molecule has 0 aromatic carbocycles. The maximum Gasteiger partial charge on any atom is 0.0837 e. The summed E-state index contributed by atoms with van der Waals surface area (Å²) in [4.78, 5) is 0. The first kappa shape index (κ1) is 12.9. The minimum absolute atomic E-state index is 0.0150. The number of nitrogens with zero attached hydrogens (tertiary/aromatic N) is 2. The molecule has 1 aromatic heterocycles. The molecular weight excluding hydrogens is 234 g/mol. The van der Waals surface area contributed by atoms with Crippen molar-refractivity contribution < 1.29 is 0 Å². The molecule has 1 aliphatic rings. The van der Waals surface area contributed by atoms with Gasteiger partial charge in [-0.15, -0.1) is 0 Å². The lowest BCUT2D eigenvalue weighted by molar-refractivity contribution is 0.216. The van der Waals surface area contributed by atoms with Crippen LogP contribution in [0.25, 0.3) is 0 Å². The third-order valence-corrected chi connectivity index (χ3v) is 4.27. The van der Waals surface area contributed by atoms with Gasteiger partial charge in [-0.1, -0.05) is 38.3 Å². The van der Waals surface area contributed by atoms with E-state index in [1.165, 1.54) is 19.3 Å². The van der Waals surface area contributed by atoms with Gasteiger partial charge in [0, 0.05) is 7.05 Å². The highest BCUT2D eigenvalue weighted by atomic mass is 35.5. The van der Waals surface area contributed by atoms with Gasteiger partial charge < -0.3 is 5.32 Å². The van der Waals surface area contributed by atoms with Crippen LogP contribution in [0.2, 0.25) is 5.02 Å². The number of hydrogen-bond donors (Lipinski definition) is 1. The highest BCUT2D eigenvalue weighted by molar-refractivity contribution is 6.31. The van der Waals surface area contributed by atoms with Crippen LogP contribution in [0.4, 0.5) is 0 Å². The van der Waals surface area contributed by atoms with Crippen molar-refractivity contribution in [2.75, 3.05) is 6.54 Å². The average molecular weight is 256 g/mol. The minimum Gasteiger partial charge on any atom is -0.306 e. The fraction of sp³-hybridized carbons (Fsp3) is 0.769. The molecule has 0 aliphatic carbocycles. The smallest absolute Gasteiger partial charge is 0.0837 e. The molecule has 1 N–H and O–H groups in total. The van der Waals surface area contributed by atoms with E-state index in [0.29, 0.717) is 5.92 Å². The molecule has 4 heteroatoms. The maximum atomic E-state index is 6.34. The van der Waals surface area contributed by atoms with Gasteiger partial charge in [-0.2, -0.15) is 5.10 Å². The van der Waals surface area contributed by atoms with Gasteiger partial charge in [-0.25, -0.2) is 0 Å². The van der Waals surface area contributed by atoms with Crippen molar-refractivity contribution in [2.45, 2.75) is 45.1 Å². The van der Waals surface area contributed by atoms with Gasteiger partial charge in [0.25, 0.3) is 0 Å². The van der Waals surface area contributed by atoms with E-state index in [0.717, 1.165) is 23.7 Å². The van der Waals surface area contributed by atoms with E-state index in [-0.39, 0.29) is 5.54 Å². The average Bonchev–Trinajstić information content (AvgIpc) is 2.54. The number of halogens is 1. The van der Waals surface area contributed by atoms with Gasteiger partial charge in [0.1, 0.15) is 0 Å². The molecule has 17 heavy (non-hydrogen) atoms. The Bertz CT molecular complexity index is 357. The second-order valence-corrected chi connectivity index (χ2v) is 5.74. The number of aromatic nitrogens is 2. The molecule has 0 amide bonds. The molecule has 0 saturated carbocycles. The van der Waals surface area contributed by atoms with Crippen molar-refractivity contribution in [3.63, 3.8) is 0 Å². The van der Waals surface area contributed by atoms with Crippen molar-refractivity contribution >= 4 is 11.6 Å². The Morgan fingerprint density at radius 2 is 2.18 bits per heavy atom. The Morgan fingerprint density at radius 3 is 2.76 bits per heavy atom. The van der Waals surface area contributed by atoms with Crippen LogP contribution >= 0.6 is 11.6 Å². The van der Waals surface area contributed by atoms with Crippen LogP contribution in [-0.4, -0.2) is 16.3 Å². The summed E-state index contributed by atoms with van der Waals surface area (Å²) in [6.45, 7) is 5.60. The summed E-state index contributed by atoms with van der Waals surface area (Å²) in [5, 5.41) is 8.82. The monoisotopic (exact) mass is 255 g/mol. The van der Waals surface area contributed by atoms with Gasteiger partial charge in [0.15, 0.2) is 0 Å². The normalized spacial score (nSPS) is 26.2. The molecule has 0 bridgehead atoms. The SMILES string of the molecule is CC(C)C1(c2c(Cl)cnn2C)CCCCCN1. The molecule has 96 valence electrons. The van der Waals surface area contributed by atoms with E-state index in [9.17, 15) is 0 Å². The van der Waals surface area contributed by atoms with Crippen molar-refractivity contribution in [1.82, 2.24) is 15.1 Å². The van der Waals surface area contributed by atoms with Crippen LogP contribution in [0.5, 0.6) is 0 Å². The third kappa shape index (κ3) is 2.23. The Labute approximate surface area is 109 Å². The highest BCUT2D eigenvalue weighted by Gasteiger charge is 2.39. The zero-order valence-corrected chi connectivity index (χ0v) is 11.7. The molecule has 0 spiro atoms. The number of rotatable bonds is 2. The number of hydrogen-bond acceptors (Lipinski definition) is 2. The summed E-state index contributed by atoms with van der Waals surface area (Å²) >= 11 is 6.34. The minimum atomic E-state index is -0.0150. The zero-order valence-electron chi connectivity index (χ0n) is 11.0. The van der Waals surface area contributed by atoms with E-state index in [2.05, 4.69) is 24.3 Å². The summed E-state index contributed by atoms with van der Waals surface area (Å²) in [5.41, 5.74) is 1.13. The predicted molar refractivity (Wildman–Crippen MR) is 71.2 cm³/mol. The van der Waals surface area contributed by atoms with E-state index in [1.54, 1.807) is 6.20 Å². The van der Waals surface area contributed by atoms with E-state index in [4.69, 9.17) is 11.6 Å². The standard InChI is InChI=1S/C13H22ClN3/c1-10(2)13(7-5-4-6-8-15-13)12-11(14)9-16-17(12)3/h9-10,15H,4-8H2,1-3H3. The summed E-state index contributed by atoms with van der Waals surface area (Å²) in [7, 11) is 1.98. The fourth-order valence-corrected chi connectivity index (χ4v) is 3.32. The number of nitrogens with one attached hydrogen (secondary N) is 1.